The van der Waals surface area contributed by atoms with E-state index in [1.165, 1.54) is 18.3 Å². The summed E-state index contributed by atoms with van der Waals surface area (Å²) in [4.78, 5) is 27.3. The zero-order chi connectivity index (χ0) is 14.0. The highest BCUT2D eigenvalue weighted by molar-refractivity contribution is 7.14. The molecule has 19 heavy (non-hydrogen) atoms. The number of aryl methyl sites for hydroxylation is 1. The number of hydrogen-bond donors (Lipinski definition) is 2. The van der Waals surface area contributed by atoms with Gasteiger partial charge in [0.25, 0.3) is 5.91 Å². The van der Waals surface area contributed by atoms with E-state index in [2.05, 4.69) is 10.3 Å². The van der Waals surface area contributed by atoms with Gasteiger partial charge >= 0.3 is 0 Å². The molecule has 0 atom stereocenters. The maximum absolute atomic E-state index is 12.1. The molecular weight excluding hydrogens is 262 g/mol. The molecule has 0 radical (unpaired) electrons. The van der Waals surface area contributed by atoms with Crippen molar-refractivity contribution >= 4 is 33.8 Å². The maximum atomic E-state index is 12.1. The van der Waals surface area contributed by atoms with Crippen molar-refractivity contribution in [2.75, 3.05) is 11.1 Å². The lowest BCUT2D eigenvalue weighted by atomic mass is 10.1. The fourth-order valence-corrected chi connectivity index (χ4v) is 2.40. The van der Waals surface area contributed by atoms with Crippen LogP contribution in [0.2, 0.25) is 0 Å². The van der Waals surface area contributed by atoms with Crippen molar-refractivity contribution < 1.29 is 9.59 Å². The van der Waals surface area contributed by atoms with Gasteiger partial charge in [-0.25, -0.2) is 4.98 Å². The monoisotopic (exact) mass is 275 g/mol. The number of anilines is 2. The number of ketones is 1. The van der Waals surface area contributed by atoms with Crippen molar-refractivity contribution in [2.24, 2.45) is 0 Å². The van der Waals surface area contributed by atoms with Crippen LogP contribution >= 0.6 is 11.3 Å². The second-order valence-corrected chi connectivity index (χ2v) is 4.95. The van der Waals surface area contributed by atoms with Gasteiger partial charge in [-0.3, -0.25) is 14.9 Å². The number of nitrogen functional groups attached to an aromatic ring is 1. The molecular formula is C13H13N3O2S. The van der Waals surface area contributed by atoms with Gasteiger partial charge in [-0.15, -0.1) is 11.3 Å². The van der Waals surface area contributed by atoms with Crippen molar-refractivity contribution in [3.05, 3.63) is 40.4 Å². The highest BCUT2D eigenvalue weighted by Gasteiger charge is 2.15. The molecule has 3 N–H and O–H groups in total. The molecule has 98 valence electrons. The number of nitrogens with zero attached hydrogens (tertiary/aromatic N) is 1. The van der Waals surface area contributed by atoms with E-state index in [0.717, 1.165) is 5.56 Å². The molecule has 1 heterocycles. The molecule has 0 saturated heterocycles. The predicted octanol–water partition coefficient (Wildman–Crippen LogP) is 2.49. The molecule has 0 aliphatic heterocycles. The first-order chi connectivity index (χ1) is 8.99. The predicted molar refractivity (Wildman–Crippen MR) is 75.7 cm³/mol. The first-order valence-electron chi connectivity index (χ1n) is 5.62. The van der Waals surface area contributed by atoms with Gasteiger partial charge in [-0.1, -0.05) is 12.1 Å². The number of nitrogens with one attached hydrogen (secondary N) is 1. The van der Waals surface area contributed by atoms with Crippen molar-refractivity contribution in [3.8, 4) is 0 Å². The summed E-state index contributed by atoms with van der Waals surface area (Å²) in [5, 5.41) is 4.65. The fraction of sp³-hybridized carbons (Fsp3) is 0.154. The van der Waals surface area contributed by atoms with E-state index < -0.39 is 0 Å². The van der Waals surface area contributed by atoms with E-state index in [0.29, 0.717) is 22.1 Å². The molecule has 0 aliphatic rings. The summed E-state index contributed by atoms with van der Waals surface area (Å²) in [5.41, 5.74) is 7.79. The van der Waals surface area contributed by atoms with Crippen molar-refractivity contribution in [2.45, 2.75) is 13.8 Å². The summed E-state index contributed by atoms with van der Waals surface area (Å²) >= 11 is 1.21. The van der Waals surface area contributed by atoms with Crippen LogP contribution in [0.4, 0.5) is 10.8 Å². The number of carbonyl (C=O) groups is 2. The number of aromatic nitrogens is 1. The van der Waals surface area contributed by atoms with E-state index in [1.807, 2.05) is 13.0 Å². The zero-order valence-corrected chi connectivity index (χ0v) is 11.4. The number of benzene rings is 1. The Morgan fingerprint density at radius 2 is 2.11 bits per heavy atom. The van der Waals surface area contributed by atoms with Crippen LogP contribution < -0.4 is 11.1 Å². The Labute approximate surface area is 114 Å². The van der Waals surface area contributed by atoms with Crippen LogP contribution in [0, 0.1) is 6.92 Å². The topological polar surface area (TPSA) is 85.1 Å². The lowest BCUT2D eigenvalue weighted by Crippen LogP contribution is -2.15. The van der Waals surface area contributed by atoms with Gasteiger partial charge in [0.15, 0.2) is 10.9 Å². The second kappa shape index (κ2) is 5.19. The van der Waals surface area contributed by atoms with Crippen LogP contribution in [0.3, 0.4) is 0 Å². The van der Waals surface area contributed by atoms with Gasteiger partial charge in [-0.05, 0) is 18.6 Å². The maximum Gasteiger partial charge on any atom is 0.259 e. The molecule has 1 amide bonds. The van der Waals surface area contributed by atoms with Crippen LogP contribution in [-0.4, -0.2) is 16.7 Å². The van der Waals surface area contributed by atoms with Gasteiger partial charge in [0, 0.05) is 18.0 Å². The lowest BCUT2D eigenvalue weighted by Gasteiger charge is -2.08. The van der Waals surface area contributed by atoms with E-state index >= 15 is 0 Å². The molecule has 2 rings (SSSR count). The van der Waals surface area contributed by atoms with Crippen LogP contribution in [0.1, 0.15) is 33.3 Å². The molecule has 0 unspecified atom stereocenters. The molecule has 5 nitrogen and oxygen atoms in total. The van der Waals surface area contributed by atoms with Gasteiger partial charge in [0.1, 0.15) is 5.69 Å². The minimum absolute atomic E-state index is 0.132. The number of amides is 1. The minimum Gasteiger partial charge on any atom is -0.398 e. The normalized spacial score (nSPS) is 10.2. The van der Waals surface area contributed by atoms with Gasteiger partial charge < -0.3 is 5.73 Å². The summed E-state index contributed by atoms with van der Waals surface area (Å²) in [5.74, 6) is -0.452. The molecule has 6 heteroatoms. The Balaban J connectivity index is 2.23. The number of carbonyl (C=O) groups excluding carboxylic acids is 2. The largest absolute Gasteiger partial charge is 0.398 e. The van der Waals surface area contributed by atoms with E-state index in [4.69, 9.17) is 5.73 Å². The van der Waals surface area contributed by atoms with Crippen molar-refractivity contribution in [3.63, 3.8) is 0 Å². The average Bonchev–Trinajstić information content (AvgIpc) is 2.77. The number of nitrogens with two attached hydrogens (primary N) is 1. The number of Topliss-reactive ketones (excluding diaryl/α,β-unsaturated/α-hetero) is 1. The first kappa shape index (κ1) is 13.2. The smallest absolute Gasteiger partial charge is 0.259 e. The summed E-state index contributed by atoms with van der Waals surface area (Å²) < 4.78 is 0. The number of thiazole rings is 1. The van der Waals surface area contributed by atoms with Crippen molar-refractivity contribution in [1.29, 1.82) is 0 Å². The molecule has 0 fully saturated rings. The second-order valence-electron chi connectivity index (χ2n) is 4.09. The Bertz CT molecular complexity index is 629. The summed E-state index contributed by atoms with van der Waals surface area (Å²) in [7, 11) is 0. The lowest BCUT2D eigenvalue weighted by molar-refractivity contribution is 0.100. The Morgan fingerprint density at radius 3 is 2.68 bits per heavy atom. The molecule has 0 bridgehead atoms. The minimum atomic E-state index is -0.319. The molecule has 2 aromatic rings. The summed E-state index contributed by atoms with van der Waals surface area (Å²) in [6.45, 7) is 3.24. The van der Waals surface area contributed by atoms with Crippen LogP contribution in [0.25, 0.3) is 0 Å². The first-order valence-corrected chi connectivity index (χ1v) is 6.50. The van der Waals surface area contributed by atoms with Crippen LogP contribution in [0.5, 0.6) is 0 Å². The average molecular weight is 275 g/mol. The zero-order valence-electron chi connectivity index (χ0n) is 10.6. The summed E-state index contributed by atoms with van der Waals surface area (Å²) in [6, 6.07) is 5.28. The standard InChI is InChI=1S/C13H13N3O2S/c1-7-4-3-5-9(14)11(7)12(18)16-13-15-10(6-19-13)8(2)17/h3-6H,14H2,1-2H3,(H,15,16,18). The summed E-state index contributed by atoms with van der Waals surface area (Å²) in [6.07, 6.45) is 0. The van der Waals surface area contributed by atoms with Crippen LogP contribution in [-0.2, 0) is 0 Å². The van der Waals surface area contributed by atoms with E-state index in [9.17, 15) is 9.59 Å². The number of rotatable bonds is 3. The highest BCUT2D eigenvalue weighted by Crippen LogP contribution is 2.20. The molecule has 0 spiro atoms. The molecule has 1 aromatic carbocycles. The van der Waals surface area contributed by atoms with E-state index in [1.54, 1.807) is 17.5 Å². The van der Waals surface area contributed by atoms with Gasteiger partial charge in [0.2, 0.25) is 0 Å². The van der Waals surface area contributed by atoms with E-state index in [-0.39, 0.29) is 11.7 Å². The molecule has 0 aliphatic carbocycles. The SMILES string of the molecule is CC(=O)c1csc(NC(=O)c2c(C)cccc2N)n1. The van der Waals surface area contributed by atoms with Gasteiger partial charge in [0.05, 0.1) is 5.56 Å². The molecule has 0 saturated carbocycles. The third-order valence-corrected chi connectivity index (χ3v) is 3.38. The Kier molecular flexibility index (Phi) is 3.62. The molecule has 1 aromatic heterocycles. The van der Waals surface area contributed by atoms with Crippen molar-refractivity contribution in [1.82, 2.24) is 4.98 Å². The third-order valence-electron chi connectivity index (χ3n) is 2.62. The third kappa shape index (κ3) is 2.79. The quantitative estimate of drug-likeness (QED) is 0.665. The Hall–Kier alpha value is -2.21. The fourth-order valence-electron chi connectivity index (χ4n) is 1.65. The van der Waals surface area contributed by atoms with Gasteiger partial charge in [-0.2, -0.15) is 0 Å². The Morgan fingerprint density at radius 1 is 1.37 bits per heavy atom. The highest BCUT2D eigenvalue weighted by atomic mass is 32.1. The number of hydrogen-bond acceptors (Lipinski definition) is 5. The van der Waals surface area contributed by atoms with Crippen LogP contribution in [0.15, 0.2) is 23.6 Å².